The minimum atomic E-state index is -0.186. The summed E-state index contributed by atoms with van der Waals surface area (Å²) in [5, 5.41) is 9.38. The number of rotatable bonds is 6. The Balaban J connectivity index is 2.10. The summed E-state index contributed by atoms with van der Waals surface area (Å²) < 4.78 is 1.48. The van der Waals surface area contributed by atoms with Crippen molar-refractivity contribution in [1.82, 2.24) is 19.7 Å². The van der Waals surface area contributed by atoms with Crippen LogP contribution in [-0.4, -0.2) is 25.7 Å². The molecule has 3 heterocycles. The van der Waals surface area contributed by atoms with Crippen LogP contribution in [0.3, 0.4) is 0 Å². The van der Waals surface area contributed by atoms with Crippen molar-refractivity contribution in [3.05, 3.63) is 45.2 Å². The number of aromatic amines is 1. The van der Waals surface area contributed by atoms with Crippen molar-refractivity contribution in [3.63, 3.8) is 0 Å². The van der Waals surface area contributed by atoms with E-state index < -0.39 is 0 Å². The standard InChI is InChI=1S/C18H21N5O2S/c1-4-7-16(24)20-15-10-13(14-8-6-9-26-14)22-23(15)18-19-11(3)12(5-2)17(25)21-18/h6,8-10H,4-5,7H2,1-3H3,(H,20,24)(H,19,21,25). The minimum Gasteiger partial charge on any atom is -0.310 e. The van der Waals surface area contributed by atoms with Crippen LogP contribution in [0.5, 0.6) is 0 Å². The molecule has 7 nitrogen and oxygen atoms in total. The number of carbonyl (C=O) groups is 1. The number of nitrogens with zero attached hydrogens (tertiary/aromatic N) is 3. The molecule has 2 N–H and O–H groups in total. The van der Waals surface area contributed by atoms with E-state index in [2.05, 4.69) is 20.4 Å². The molecule has 26 heavy (non-hydrogen) atoms. The number of anilines is 1. The molecule has 0 aliphatic rings. The second-order valence-corrected chi connectivity index (χ2v) is 6.86. The Morgan fingerprint density at radius 1 is 1.38 bits per heavy atom. The number of carbonyl (C=O) groups excluding carboxylic acids is 1. The zero-order chi connectivity index (χ0) is 18.7. The summed E-state index contributed by atoms with van der Waals surface area (Å²) in [6.45, 7) is 5.66. The fourth-order valence-electron chi connectivity index (χ4n) is 2.72. The van der Waals surface area contributed by atoms with Crippen LogP contribution in [0.4, 0.5) is 5.82 Å². The van der Waals surface area contributed by atoms with E-state index in [1.54, 1.807) is 24.3 Å². The fraction of sp³-hybridized carbons (Fsp3) is 0.333. The second-order valence-electron chi connectivity index (χ2n) is 5.91. The average molecular weight is 371 g/mol. The molecule has 136 valence electrons. The predicted octanol–water partition coefficient (Wildman–Crippen LogP) is 3.29. The smallest absolute Gasteiger partial charge is 0.255 e. The number of nitrogens with one attached hydrogen (secondary N) is 2. The Hall–Kier alpha value is -2.74. The molecule has 0 aliphatic carbocycles. The zero-order valence-corrected chi connectivity index (χ0v) is 15.8. The highest BCUT2D eigenvalue weighted by Crippen LogP contribution is 2.27. The van der Waals surface area contributed by atoms with E-state index in [1.807, 2.05) is 31.4 Å². The lowest BCUT2D eigenvalue weighted by molar-refractivity contribution is -0.116. The van der Waals surface area contributed by atoms with Crippen molar-refractivity contribution in [3.8, 4) is 16.5 Å². The van der Waals surface area contributed by atoms with Gasteiger partial charge < -0.3 is 5.32 Å². The van der Waals surface area contributed by atoms with E-state index in [9.17, 15) is 9.59 Å². The topological polar surface area (TPSA) is 92.7 Å². The van der Waals surface area contributed by atoms with Crippen molar-refractivity contribution < 1.29 is 4.79 Å². The molecule has 1 amide bonds. The van der Waals surface area contributed by atoms with Gasteiger partial charge in [0, 0.05) is 23.7 Å². The first kappa shape index (κ1) is 18.1. The largest absolute Gasteiger partial charge is 0.310 e. The van der Waals surface area contributed by atoms with Crippen molar-refractivity contribution in [2.24, 2.45) is 0 Å². The Morgan fingerprint density at radius 2 is 2.19 bits per heavy atom. The summed E-state index contributed by atoms with van der Waals surface area (Å²) in [5.74, 6) is 0.675. The van der Waals surface area contributed by atoms with Gasteiger partial charge in [-0.2, -0.15) is 9.78 Å². The van der Waals surface area contributed by atoms with Crippen LogP contribution in [0, 0.1) is 6.92 Å². The van der Waals surface area contributed by atoms with Gasteiger partial charge in [0.2, 0.25) is 11.9 Å². The first-order chi connectivity index (χ1) is 12.5. The van der Waals surface area contributed by atoms with Crippen molar-refractivity contribution >= 4 is 23.1 Å². The summed E-state index contributed by atoms with van der Waals surface area (Å²) in [4.78, 5) is 32.6. The Morgan fingerprint density at radius 3 is 2.81 bits per heavy atom. The SMILES string of the molecule is CCCC(=O)Nc1cc(-c2cccs2)nn1-c1nc(C)c(CC)c(=O)[nH]1. The van der Waals surface area contributed by atoms with Crippen LogP contribution >= 0.6 is 11.3 Å². The molecule has 0 radical (unpaired) electrons. The summed E-state index contributed by atoms with van der Waals surface area (Å²) in [5.41, 5.74) is 1.84. The monoisotopic (exact) mass is 371 g/mol. The van der Waals surface area contributed by atoms with Crippen LogP contribution in [0.25, 0.3) is 16.5 Å². The summed E-state index contributed by atoms with van der Waals surface area (Å²) in [6.07, 6.45) is 1.77. The van der Waals surface area contributed by atoms with Crippen LogP contribution in [-0.2, 0) is 11.2 Å². The minimum absolute atomic E-state index is 0.101. The van der Waals surface area contributed by atoms with Crippen LogP contribution in [0.15, 0.2) is 28.4 Å². The van der Waals surface area contributed by atoms with Gasteiger partial charge in [-0.3, -0.25) is 14.6 Å². The quantitative estimate of drug-likeness (QED) is 0.695. The maximum Gasteiger partial charge on any atom is 0.255 e. The van der Waals surface area contributed by atoms with E-state index in [0.29, 0.717) is 41.6 Å². The molecule has 0 aliphatic heterocycles. The van der Waals surface area contributed by atoms with E-state index >= 15 is 0 Å². The molecular weight excluding hydrogens is 350 g/mol. The third-order valence-electron chi connectivity index (χ3n) is 3.99. The molecule has 3 aromatic rings. The summed E-state index contributed by atoms with van der Waals surface area (Å²) in [6, 6.07) is 5.69. The van der Waals surface area contributed by atoms with Crippen molar-refractivity contribution in [2.45, 2.75) is 40.0 Å². The van der Waals surface area contributed by atoms with Crippen LogP contribution in [0.1, 0.15) is 37.9 Å². The number of H-pyrrole nitrogens is 1. The molecule has 0 aromatic carbocycles. The molecule has 0 atom stereocenters. The number of amides is 1. The van der Waals surface area contributed by atoms with Crippen LogP contribution < -0.4 is 10.9 Å². The summed E-state index contributed by atoms with van der Waals surface area (Å²) >= 11 is 1.55. The molecule has 3 aromatic heterocycles. The number of thiophene rings is 1. The van der Waals surface area contributed by atoms with Gasteiger partial charge in [-0.1, -0.05) is 19.9 Å². The predicted molar refractivity (Wildman–Crippen MR) is 103 cm³/mol. The second kappa shape index (κ2) is 7.65. The molecule has 0 bridgehead atoms. The number of hydrogen-bond acceptors (Lipinski definition) is 5. The Bertz CT molecular complexity index is 972. The van der Waals surface area contributed by atoms with Gasteiger partial charge in [-0.05, 0) is 31.2 Å². The number of hydrogen-bond donors (Lipinski definition) is 2. The van der Waals surface area contributed by atoms with Crippen molar-refractivity contribution in [2.75, 3.05) is 5.32 Å². The zero-order valence-electron chi connectivity index (χ0n) is 15.0. The lowest BCUT2D eigenvalue weighted by atomic mass is 10.2. The Kier molecular flexibility index (Phi) is 5.32. The summed E-state index contributed by atoms with van der Waals surface area (Å²) in [7, 11) is 0. The normalized spacial score (nSPS) is 10.9. The maximum absolute atomic E-state index is 12.3. The molecule has 3 rings (SSSR count). The average Bonchev–Trinajstić information content (AvgIpc) is 3.24. The van der Waals surface area contributed by atoms with Gasteiger partial charge in [0.05, 0.1) is 4.88 Å². The van der Waals surface area contributed by atoms with E-state index in [-0.39, 0.29) is 11.5 Å². The highest BCUT2D eigenvalue weighted by Gasteiger charge is 2.17. The van der Waals surface area contributed by atoms with Gasteiger partial charge in [-0.15, -0.1) is 11.3 Å². The molecular formula is C18H21N5O2S. The fourth-order valence-corrected chi connectivity index (χ4v) is 3.40. The van der Waals surface area contributed by atoms with Crippen LogP contribution in [0.2, 0.25) is 0 Å². The molecule has 0 spiro atoms. The number of aryl methyl sites for hydroxylation is 1. The van der Waals surface area contributed by atoms with E-state index in [1.165, 1.54) is 4.68 Å². The first-order valence-electron chi connectivity index (χ1n) is 8.57. The van der Waals surface area contributed by atoms with E-state index in [0.717, 1.165) is 11.3 Å². The lowest BCUT2D eigenvalue weighted by Crippen LogP contribution is -2.21. The van der Waals surface area contributed by atoms with Gasteiger partial charge in [0.15, 0.2) is 0 Å². The van der Waals surface area contributed by atoms with Gasteiger partial charge >= 0.3 is 0 Å². The van der Waals surface area contributed by atoms with Gasteiger partial charge in [-0.25, -0.2) is 4.98 Å². The highest BCUT2D eigenvalue weighted by molar-refractivity contribution is 7.13. The molecule has 8 heteroatoms. The molecule has 0 saturated carbocycles. The van der Waals surface area contributed by atoms with Gasteiger partial charge in [0.1, 0.15) is 11.5 Å². The molecule has 0 unspecified atom stereocenters. The van der Waals surface area contributed by atoms with Gasteiger partial charge in [0.25, 0.3) is 5.56 Å². The third kappa shape index (κ3) is 3.60. The maximum atomic E-state index is 12.3. The highest BCUT2D eigenvalue weighted by atomic mass is 32.1. The number of aromatic nitrogens is 4. The van der Waals surface area contributed by atoms with E-state index in [4.69, 9.17) is 0 Å². The van der Waals surface area contributed by atoms with Crippen molar-refractivity contribution in [1.29, 1.82) is 0 Å². The molecule has 0 fully saturated rings. The lowest BCUT2D eigenvalue weighted by Gasteiger charge is -2.09. The molecule has 0 saturated heterocycles. The third-order valence-corrected chi connectivity index (χ3v) is 4.88. The first-order valence-corrected chi connectivity index (χ1v) is 9.45. The Labute approximate surface area is 155 Å².